The molecule has 8 nitrogen and oxygen atoms in total. The second-order valence-corrected chi connectivity index (χ2v) is 11.8. The van der Waals surface area contributed by atoms with Crippen molar-refractivity contribution in [1.82, 2.24) is 9.91 Å². The summed E-state index contributed by atoms with van der Waals surface area (Å²) >= 11 is 0. The van der Waals surface area contributed by atoms with Crippen LogP contribution in [0.3, 0.4) is 0 Å². The maximum Gasteiger partial charge on any atom is 0.249 e. The summed E-state index contributed by atoms with van der Waals surface area (Å²) < 4.78 is 17.4. The first-order valence-corrected chi connectivity index (χ1v) is 15.2. The topological polar surface area (TPSA) is 99.2 Å². The lowest BCUT2D eigenvalue weighted by atomic mass is 9.90. The molecule has 42 heavy (non-hydrogen) atoms. The van der Waals surface area contributed by atoms with Crippen LogP contribution >= 0.6 is 0 Å². The van der Waals surface area contributed by atoms with Crippen LogP contribution in [0.15, 0.2) is 108 Å². The quantitative estimate of drug-likeness (QED) is 0.235. The molecule has 6 rings (SSSR count). The number of nitrogens with zero attached hydrogens (tertiary/aromatic N) is 2. The van der Waals surface area contributed by atoms with Crippen molar-refractivity contribution in [3.8, 4) is 5.75 Å². The Hall–Kier alpha value is -4.31. The summed E-state index contributed by atoms with van der Waals surface area (Å²) in [6.45, 7) is 0.143. The monoisotopic (exact) mass is 581 g/mol. The van der Waals surface area contributed by atoms with Crippen LogP contribution in [0.25, 0.3) is 10.8 Å². The van der Waals surface area contributed by atoms with E-state index in [2.05, 4.69) is 5.43 Å². The van der Waals surface area contributed by atoms with Crippen molar-refractivity contribution < 1.29 is 23.6 Å². The normalized spacial score (nSPS) is 21.8. The molecule has 4 aromatic rings. The number of methoxy groups -OCH3 is 1. The van der Waals surface area contributed by atoms with Gasteiger partial charge in [0.05, 0.1) is 25.6 Å². The number of carbonyl (C=O) groups is 2. The Labute approximate surface area is 246 Å². The fourth-order valence-electron chi connectivity index (χ4n) is 5.85. The molecule has 5 atom stereocenters. The number of para-hydroxylation sites is 1. The Morgan fingerprint density at radius 2 is 1.62 bits per heavy atom. The zero-order valence-electron chi connectivity index (χ0n) is 23.2. The largest absolute Gasteiger partial charge is 0.496 e. The van der Waals surface area contributed by atoms with Crippen LogP contribution in [0.1, 0.15) is 17.2 Å². The molecule has 2 amide bonds. The molecule has 1 saturated heterocycles. The highest BCUT2D eigenvalue weighted by atomic mass is 32.2. The van der Waals surface area contributed by atoms with E-state index in [0.29, 0.717) is 21.9 Å². The van der Waals surface area contributed by atoms with Gasteiger partial charge < -0.3 is 15.3 Å². The maximum atomic E-state index is 14.1. The van der Waals surface area contributed by atoms with Gasteiger partial charge in [-0.3, -0.25) is 18.7 Å². The number of aliphatic hydroxyl groups is 1. The Morgan fingerprint density at radius 1 is 0.905 bits per heavy atom. The van der Waals surface area contributed by atoms with Crippen LogP contribution < -0.4 is 10.2 Å². The fourth-order valence-corrected chi connectivity index (χ4v) is 6.37. The Morgan fingerprint density at radius 3 is 2.38 bits per heavy atom. The van der Waals surface area contributed by atoms with Crippen molar-refractivity contribution in [1.29, 1.82) is 0 Å². The number of aliphatic hydroxyl groups excluding tert-OH is 1. The van der Waals surface area contributed by atoms with Crippen LogP contribution in [0.2, 0.25) is 0 Å². The van der Waals surface area contributed by atoms with Gasteiger partial charge in [0.2, 0.25) is 11.8 Å². The van der Waals surface area contributed by atoms with Gasteiger partial charge in [-0.1, -0.05) is 72.8 Å². The molecule has 1 fully saturated rings. The summed E-state index contributed by atoms with van der Waals surface area (Å²) in [5.41, 5.74) is 5.37. The van der Waals surface area contributed by atoms with Gasteiger partial charge in [0, 0.05) is 33.2 Å². The zero-order valence-corrected chi connectivity index (χ0v) is 24.0. The molecule has 2 aliphatic heterocycles. The average molecular weight is 582 g/mol. The summed E-state index contributed by atoms with van der Waals surface area (Å²) in [6, 6.07) is 26.4. The molecule has 0 saturated carbocycles. The van der Waals surface area contributed by atoms with E-state index in [1.807, 2.05) is 54.6 Å². The molecule has 2 aliphatic rings. The number of likely N-dealkylation sites (tertiary alicyclic amines) is 1. The lowest BCUT2D eigenvalue weighted by Crippen LogP contribution is -2.55. The van der Waals surface area contributed by atoms with E-state index in [9.17, 15) is 18.9 Å². The first kappa shape index (κ1) is 27.8. The Kier molecular flexibility index (Phi) is 7.64. The third-order valence-corrected chi connectivity index (χ3v) is 8.92. The number of fused-ring (bicyclic) bond motifs is 2. The number of amides is 2. The zero-order chi connectivity index (χ0) is 29.4. The average Bonchev–Trinajstić information content (AvgIpc) is 3.26. The smallest absolute Gasteiger partial charge is 0.249 e. The van der Waals surface area contributed by atoms with E-state index in [1.165, 1.54) is 12.0 Å². The summed E-state index contributed by atoms with van der Waals surface area (Å²) in [6.07, 6.45) is 4.03. The van der Waals surface area contributed by atoms with Gasteiger partial charge in [-0.15, -0.1) is 0 Å². The number of anilines is 1. The van der Waals surface area contributed by atoms with Crippen molar-refractivity contribution in [2.75, 3.05) is 18.8 Å². The third-order valence-electron chi connectivity index (χ3n) is 7.98. The number of hydrogen-bond acceptors (Lipinski definition) is 7. The molecule has 9 heteroatoms. The van der Waals surface area contributed by atoms with Crippen LogP contribution in [0.5, 0.6) is 5.75 Å². The SMILES string of the molecule is COc1ccccc1[C@@H](O)[C@H]1C=C[C@H]2C(=O)N(Cc3cccc4ccccc34)C(=O)[C@H]2N1Nc1ccc(S(C)=O)cc1. The van der Waals surface area contributed by atoms with Gasteiger partial charge >= 0.3 is 0 Å². The van der Waals surface area contributed by atoms with Crippen molar-refractivity contribution in [3.05, 3.63) is 114 Å². The standard InChI is InChI=1S/C33H31N3O5S/c1-41-29-13-6-5-12-26(29)31(37)28-19-18-27-30(36(28)34-23-14-16-24(17-15-23)42(2)40)33(39)35(32(27)38)20-22-10-7-9-21-8-3-4-11-25(21)22/h3-19,27-28,30-31,34,37H,20H2,1-2H3/t27-,28-,30+,31-,42?/m1/s1. The lowest BCUT2D eigenvalue weighted by Gasteiger charge is -2.41. The Balaban J connectivity index is 1.37. The molecule has 0 bridgehead atoms. The highest BCUT2D eigenvalue weighted by molar-refractivity contribution is 7.84. The van der Waals surface area contributed by atoms with Crippen molar-refractivity contribution >= 4 is 39.1 Å². The van der Waals surface area contributed by atoms with E-state index < -0.39 is 34.9 Å². The lowest BCUT2D eigenvalue weighted by molar-refractivity contribution is -0.140. The number of hydrazine groups is 1. The van der Waals surface area contributed by atoms with Gasteiger partial charge in [-0.2, -0.15) is 0 Å². The van der Waals surface area contributed by atoms with E-state index in [4.69, 9.17) is 4.74 Å². The molecule has 214 valence electrons. The number of nitrogens with one attached hydrogen (secondary N) is 1. The first-order valence-electron chi connectivity index (χ1n) is 13.7. The van der Waals surface area contributed by atoms with Gasteiger partial charge in [0.15, 0.2) is 0 Å². The number of carbonyl (C=O) groups excluding carboxylic acids is 2. The molecule has 0 spiro atoms. The molecular formula is C33H31N3O5S. The molecule has 2 N–H and O–H groups in total. The second-order valence-electron chi connectivity index (χ2n) is 10.4. The van der Waals surface area contributed by atoms with E-state index >= 15 is 0 Å². The fraction of sp³-hybridized carbons (Fsp3) is 0.212. The minimum atomic E-state index is -1.15. The third kappa shape index (κ3) is 5.00. The van der Waals surface area contributed by atoms with Crippen molar-refractivity contribution in [3.63, 3.8) is 0 Å². The van der Waals surface area contributed by atoms with Crippen molar-refractivity contribution in [2.45, 2.75) is 29.6 Å². The van der Waals surface area contributed by atoms with E-state index in [0.717, 1.165) is 16.3 Å². The summed E-state index contributed by atoms with van der Waals surface area (Å²) in [5, 5.41) is 15.3. The first-order chi connectivity index (χ1) is 20.4. The predicted molar refractivity (Wildman–Crippen MR) is 162 cm³/mol. The number of hydrogen-bond donors (Lipinski definition) is 2. The van der Waals surface area contributed by atoms with Crippen LogP contribution in [-0.2, 0) is 26.9 Å². The minimum Gasteiger partial charge on any atom is -0.496 e. The molecule has 1 unspecified atom stereocenters. The molecule has 0 aromatic heterocycles. The van der Waals surface area contributed by atoms with Gasteiger partial charge in [-0.25, -0.2) is 5.01 Å². The summed E-state index contributed by atoms with van der Waals surface area (Å²) in [5.74, 6) is -0.855. The second kappa shape index (κ2) is 11.5. The Bertz CT molecular complexity index is 1700. The molecule has 2 heterocycles. The van der Waals surface area contributed by atoms with Gasteiger partial charge in [0.1, 0.15) is 17.9 Å². The molecule has 4 aromatic carbocycles. The van der Waals surface area contributed by atoms with Gasteiger partial charge in [-0.05, 0) is 46.7 Å². The van der Waals surface area contributed by atoms with Crippen LogP contribution in [0.4, 0.5) is 5.69 Å². The van der Waals surface area contributed by atoms with Crippen LogP contribution in [-0.4, -0.2) is 56.5 Å². The molecule has 0 radical (unpaired) electrons. The predicted octanol–water partition coefficient (Wildman–Crippen LogP) is 4.44. The molecular weight excluding hydrogens is 550 g/mol. The van der Waals surface area contributed by atoms with Crippen molar-refractivity contribution in [2.24, 2.45) is 5.92 Å². The minimum absolute atomic E-state index is 0.143. The summed E-state index contributed by atoms with van der Waals surface area (Å²) in [4.78, 5) is 29.8. The number of ether oxygens (including phenoxy) is 1. The molecule has 0 aliphatic carbocycles. The highest BCUT2D eigenvalue weighted by Gasteiger charge is 2.53. The highest BCUT2D eigenvalue weighted by Crippen LogP contribution is 2.39. The van der Waals surface area contributed by atoms with Crippen LogP contribution in [0, 0.1) is 5.92 Å². The number of rotatable bonds is 8. The van der Waals surface area contributed by atoms with E-state index in [-0.39, 0.29) is 18.4 Å². The van der Waals surface area contributed by atoms with E-state index in [1.54, 1.807) is 59.8 Å². The maximum absolute atomic E-state index is 14.1. The summed E-state index contributed by atoms with van der Waals surface area (Å²) in [7, 11) is 0.391. The number of benzene rings is 4. The number of imide groups is 1. The van der Waals surface area contributed by atoms with Gasteiger partial charge in [0.25, 0.3) is 0 Å².